The topological polar surface area (TPSA) is 32.3 Å². The van der Waals surface area contributed by atoms with Gasteiger partial charge in [-0.3, -0.25) is 10.1 Å². The van der Waals surface area contributed by atoms with Crippen molar-refractivity contribution in [2.45, 2.75) is 64.8 Å². The maximum atomic E-state index is 12.1. The molecule has 0 bridgehead atoms. The van der Waals surface area contributed by atoms with Gasteiger partial charge in [0.1, 0.15) is 0 Å². The van der Waals surface area contributed by atoms with E-state index in [1.54, 1.807) is 0 Å². The number of amides is 1. The van der Waals surface area contributed by atoms with Gasteiger partial charge in [0.25, 0.3) is 0 Å². The molecular weight excluding hydrogens is 224 g/mol. The number of nitrogens with one attached hydrogen (secondary N) is 1. The number of carbonyl (C=O) groups excluding carboxylic acids is 1. The van der Waals surface area contributed by atoms with Crippen LogP contribution in [0.5, 0.6) is 0 Å². The Hall–Kier alpha value is -0.570. The van der Waals surface area contributed by atoms with E-state index in [9.17, 15) is 4.79 Å². The fourth-order valence-corrected chi connectivity index (χ4v) is 3.47. The van der Waals surface area contributed by atoms with E-state index in [0.717, 1.165) is 37.9 Å². The predicted octanol–water partition coefficient (Wildman–Crippen LogP) is 2.76. The monoisotopic (exact) mass is 252 g/mol. The van der Waals surface area contributed by atoms with Gasteiger partial charge in [-0.15, -0.1) is 0 Å². The summed E-state index contributed by atoms with van der Waals surface area (Å²) in [6.45, 7) is 6.24. The Labute approximate surface area is 111 Å². The van der Waals surface area contributed by atoms with Crippen molar-refractivity contribution in [3.05, 3.63) is 0 Å². The summed E-state index contributed by atoms with van der Waals surface area (Å²) in [7, 11) is 0. The molecule has 0 aromatic carbocycles. The molecule has 2 aliphatic rings. The molecule has 3 atom stereocenters. The van der Waals surface area contributed by atoms with Gasteiger partial charge < -0.3 is 4.90 Å². The molecule has 1 saturated carbocycles. The summed E-state index contributed by atoms with van der Waals surface area (Å²) < 4.78 is 0. The minimum Gasteiger partial charge on any atom is -0.329 e. The van der Waals surface area contributed by atoms with Crippen LogP contribution in [0.2, 0.25) is 0 Å². The van der Waals surface area contributed by atoms with Crippen LogP contribution in [-0.4, -0.2) is 30.1 Å². The van der Waals surface area contributed by atoms with Gasteiger partial charge in [-0.2, -0.15) is 0 Å². The third-order valence-corrected chi connectivity index (χ3v) is 4.57. The molecule has 1 aliphatic carbocycles. The third kappa shape index (κ3) is 3.47. The summed E-state index contributed by atoms with van der Waals surface area (Å²) in [5, 5.41) is 3.33. The van der Waals surface area contributed by atoms with Crippen molar-refractivity contribution in [1.29, 1.82) is 0 Å². The van der Waals surface area contributed by atoms with Crippen molar-refractivity contribution in [2.24, 2.45) is 11.8 Å². The molecule has 0 aromatic heterocycles. The Morgan fingerprint density at radius 2 is 2.17 bits per heavy atom. The summed E-state index contributed by atoms with van der Waals surface area (Å²) in [5.41, 5.74) is 0. The van der Waals surface area contributed by atoms with Gasteiger partial charge in [0.15, 0.2) is 0 Å². The van der Waals surface area contributed by atoms with Gasteiger partial charge in [-0.05, 0) is 31.1 Å². The van der Waals surface area contributed by atoms with Crippen LogP contribution < -0.4 is 5.32 Å². The zero-order chi connectivity index (χ0) is 13.0. The lowest BCUT2D eigenvalue weighted by molar-refractivity contribution is -0.129. The van der Waals surface area contributed by atoms with E-state index < -0.39 is 0 Å². The molecule has 0 radical (unpaired) electrons. The number of rotatable bonds is 5. The van der Waals surface area contributed by atoms with Crippen LogP contribution in [0.25, 0.3) is 0 Å². The van der Waals surface area contributed by atoms with Crippen LogP contribution in [-0.2, 0) is 4.79 Å². The summed E-state index contributed by atoms with van der Waals surface area (Å²) in [6.07, 6.45) is 8.80. The molecule has 0 spiro atoms. The van der Waals surface area contributed by atoms with E-state index in [-0.39, 0.29) is 6.04 Å². The molecule has 104 valence electrons. The summed E-state index contributed by atoms with van der Waals surface area (Å²) in [5.74, 6) is 2.08. The van der Waals surface area contributed by atoms with Crippen LogP contribution >= 0.6 is 0 Å². The average Bonchev–Trinajstić information content (AvgIpc) is 2.69. The molecule has 1 aliphatic heterocycles. The Morgan fingerprint density at radius 1 is 1.33 bits per heavy atom. The second kappa shape index (κ2) is 6.55. The van der Waals surface area contributed by atoms with Gasteiger partial charge in [-0.1, -0.05) is 39.5 Å². The van der Waals surface area contributed by atoms with E-state index in [0.29, 0.717) is 5.91 Å². The van der Waals surface area contributed by atoms with Crippen molar-refractivity contribution in [1.82, 2.24) is 10.2 Å². The number of hydrogen-bond acceptors (Lipinski definition) is 2. The fraction of sp³-hybridized carbons (Fsp3) is 0.933. The first-order valence-corrected chi connectivity index (χ1v) is 7.73. The highest BCUT2D eigenvalue weighted by Gasteiger charge is 2.30. The zero-order valence-electron chi connectivity index (χ0n) is 12.0. The molecule has 1 N–H and O–H groups in total. The first-order valence-electron chi connectivity index (χ1n) is 7.73. The van der Waals surface area contributed by atoms with Gasteiger partial charge in [0.05, 0.1) is 12.7 Å². The zero-order valence-corrected chi connectivity index (χ0v) is 12.0. The molecule has 3 nitrogen and oxygen atoms in total. The SMILES string of the molecule is CCCC1NCN(CCC2CCCC(C)C2)C1=O. The maximum absolute atomic E-state index is 12.1. The van der Waals surface area contributed by atoms with Gasteiger partial charge >= 0.3 is 0 Å². The first-order chi connectivity index (χ1) is 8.70. The quantitative estimate of drug-likeness (QED) is 0.816. The van der Waals surface area contributed by atoms with Gasteiger partial charge in [0, 0.05) is 6.54 Å². The van der Waals surface area contributed by atoms with Crippen LogP contribution in [0.3, 0.4) is 0 Å². The molecule has 18 heavy (non-hydrogen) atoms. The second-order valence-electron chi connectivity index (χ2n) is 6.23. The Morgan fingerprint density at radius 3 is 2.89 bits per heavy atom. The minimum atomic E-state index is 0.0975. The van der Waals surface area contributed by atoms with Crippen LogP contribution in [0.1, 0.15) is 58.8 Å². The van der Waals surface area contributed by atoms with E-state index in [1.807, 2.05) is 4.90 Å². The van der Waals surface area contributed by atoms with Crippen molar-refractivity contribution < 1.29 is 4.79 Å². The summed E-state index contributed by atoms with van der Waals surface area (Å²) >= 11 is 0. The molecule has 2 fully saturated rings. The maximum Gasteiger partial charge on any atom is 0.240 e. The van der Waals surface area contributed by atoms with Crippen molar-refractivity contribution >= 4 is 5.91 Å². The molecule has 1 saturated heterocycles. The van der Waals surface area contributed by atoms with Crippen LogP contribution in [0, 0.1) is 11.8 Å². The largest absolute Gasteiger partial charge is 0.329 e. The lowest BCUT2D eigenvalue weighted by Gasteiger charge is -2.28. The molecule has 1 amide bonds. The van der Waals surface area contributed by atoms with E-state index in [4.69, 9.17) is 0 Å². The van der Waals surface area contributed by atoms with Crippen molar-refractivity contribution in [3.8, 4) is 0 Å². The summed E-state index contributed by atoms with van der Waals surface area (Å²) in [4.78, 5) is 14.1. The fourth-order valence-electron chi connectivity index (χ4n) is 3.47. The molecule has 0 aromatic rings. The normalized spacial score (nSPS) is 33.1. The smallest absolute Gasteiger partial charge is 0.240 e. The van der Waals surface area contributed by atoms with Crippen molar-refractivity contribution in [2.75, 3.05) is 13.2 Å². The van der Waals surface area contributed by atoms with Crippen molar-refractivity contribution in [3.63, 3.8) is 0 Å². The van der Waals surface area contributed by atoms with Gasteiger partial charge in [-0.25, -0.2) is 0 Å². The molecule has 3 unspecified atom stereocenters. The molecule has 1 heterocycles. The predicted molar refractivity (Wildman–Crippen MR) is 74.2 cm³/mol. The highest BCUT2D eigenvalue weighted by atomic mass is 16.2. The molecule has 2 rings (SSSR count). The van der Waals surface area contributed by atoms with Gasteiger partial charge in [0.2, 0.25) is 5.91 Å². The highest BCUT2D eigenvalue weighted by molar-refractivity contribution is 5.83. The lowest BCUT2D eigenvalue weighted by Crippen LogP contribution is -2.32. The van der Waals surface area contributed by atoms with E-state index in [2.05, 4.69) is 19.2 Å². The minimum absolute atomic E-state index is 0.0975. The Kier molecular flexibility index (Phi) is 5.04. The number of hydrogen-bond donors (Lipinski definition) is 1. The third-order valence-electron chi connectivity index (χ3n) is 4.57. The molecular formula is C15H28N2O. The van der Waals surface area contributed by atoms with E-state index in [1.165, 1.54) is 32.1 Å². The van der Waals surface area contributed by atoms with Crippen LogP contribution in [0.15, 0.2) is 0 Å². The molecule has 3 heteroatoms. The van der Waals surface area contributed by atoms with Crippen LogP contribution in [0.4, 0.5) is 0 Å². The Balaban J connectivity index is 1.72. The summed E-state index contributed by atoms with van der Waals surface area (Å²) in [6, 6.07) is 0.0975. The highest BCUT2D eigenvalue weighted by Crippen LogP contribution is 2.30. The average molecular weight is 252 g/mol. The number of carbonyl (C=O) groups is 1. The lowest BCUT2D eigenvalue weighted by atomic mass is 9.81. The first kappa shape index (κ1) is 13.9. The Bertz CT molecular complexity index is 280. The standard InChI is InChI=1S/C15H28N2O/c1-3-5-14-15(18)17(11-16-14)9-8-13-7-4-6-12(2)10-13/h12-14,16H,3-11H2,1-2H3. The van der Waals surface area contributed by atoms with E-state index >= 15 is 0 Å². The second-order valence-corrected chi connectivity index (χ2v) is 6.23. The number of nitrogens with zero attached hydrogens (tertiary/aromatic N) is 1.